The molecule has 216 valence electrons. The minimum atomic E-state index is -0.198. The number of benzene rings is 4. The molecule has 2 atom stereocenters. The van der Waals surface area contributed by atoms with Gasteiger partial charge in [0.1, 0.15) is 0 Å². The van der Waals surface area contributed by atoms with Crippen molar-refractivity contribution in [3.05, 3.63) is 168 Å². The van der Waals surface area contributed by atoms with E-state index in [1.807, 2.05) is 18.2 Å². The normalized spacial score (nSPS) is 18.4. The van der Waals surface area contributed by atoms with E-state index in [4.69, 9.17) is 5.73 Å². The maximum atomic E-state index is 6.21. The highest BCUT2D eigenvalue weighted by Gasteiger charge is 2.56. The molecule has 2 nitrogen and oxygen atoms in total. The van der Waals surface area contributed by atoms with Crippen molar-refractivity contribution in [2.75, 3.05) is 0 Å². The lowest BCUT2D eigenvalue weighted by Crippen LogP contribution is -2.57. The Kier molecular flexibility index (Phi) is 7.03. The van der Waals surface area contributed by atoms with E-state index < -0.39 is 0 Å². The number of nitrogens with zero attached hydrogens (tertiary/aromatic N) is 1. The molecule has 4 aromatic carbocycles. The van der Waals surface area contributed by atoms with Crippen LogP contribution in [0.25, 0.3) is 39.1 Å². The van der Waals surface area contributed by atoms with Crippen LogP contribution in [0.3, 0.4) is 0 Å². The highest BCUT2D eigenvalue weighted by molar-refractivity contribution is 5.80. The second-order valence-electron chi connectivity index (χ2n) is 12.3. The Balaban J connectivity index is 1.42. The quantitative estimate of drug-likeness (QED) is 0.160. The monoisotopic (exact) mass is 571 g/mol. The zero-order valence-electron chi connectivity index (χ0n) is 25.7. The average Bonchev–Trinajstić information content (AvgIpc) is 3.28. The number of pyridine rings is 1. The number of aryl methyl sites for hydroxylation is 2. The molecule has 0 amide bonds. The van der Waals surface area contributed by atoms with Gasteiger partial charge < -0.3 is 5.73 Å². The molecule has 1 spiro atoms. The van der Waals surface area contributed by atoms with Crippen LogP contribution in [0.15, 0.2) is 135 Å². The molecule has 1 aliphatic heterocycles. The summed E-state index contributed by atoms with van der Waals surface area (Å²) in [6, 6.07) is 36.2. The molecule has 1 aromatic heterocycles. The Morgan fingerprint density at radius 2 is 1.68 bits per heavy atom. The van der Waals surface area contributed by atoms with E-state index in [0.29, 0.717) is 12.5 Å². The van der Waals surface area contributed by atoms with Gasteiger partial charge in [0.15, 0.2) is 6.20 Å². The molecular weight excluding hydrogens is 532 g/mol. The molecule has 2 bridgehead atoms. The smallest absolute Gasteiger partial charge is 0.214 e. The van der Waals surface area contributed by atoms with Gasteiger partial charge in [0.25, 0.3) is 0 Å². The maximum absolute atomic E-state index is 6.21. The lowest BCUT2D eigenvalue weighted by atomic mass is 9.73. The third-order valence-electron chi connectivity index (χ3n) is 10.1. The lowest BCUT2D eigenvalue weighted by molar-refractivity contribution is -0.743. The number of nitrogens with two attached hydrogens (primary N) is 1. The van der Waals surface area contributed by atoms with Crippen LogP contribution in [0.1, 0.15) is 52.6 Å². The van der Waals surface area contributed by atoms with Gasteiger partial charge in [-0.25, -0.2) is 0 Å². The predicted molar refractivity (Wildman–Crippen MR) is 184 cm³/mol. The Morgan fingerprint density at radius 3 is 2.45 bits per heavy atom. The molecular formula is C42H39N2+. The maximum Gasteiger partial charge on any atom is 0.214 e. The van der Waals surface area contributed by atoms with Crippen LogP contribution in [0.5, 0.6) is 0 Å². The van der Waals surface area contributed by atoms with E-state index in [9.17, 15) is 0 Å². The lowest BCUT2D eigenvalue weighted by Gasteiger charge is -2.32. The van der Waals surface area contributed by atoms with Crippen LogP contribution >= 0.6 is 0 Å². The standard InChI is InChI=1S/C42H39N2/c1-5-9-31(6-2)32-14-16-33(17-15-32)34-21-23-44-41(26-34)38-19-18-35(37-11-8-7-10-36(37)27-43)25-40(38)42(44)22-20-30-13-12-28(3)39(24-30)29(42)4/h5-19,21,23-26,29H,1-2,20,22,27,43H2,3-4H3/q+1/b31-9+. The van der Waals surface area contributed by atoms with Crippen molar-refractivity contribution in [2.24, 2.45) is 5.73 Å². The Bertz CT molecular complexity index is 1960. The zero-order valence-corrected chi connectivity index (χ0v) is 25.7. The van der Waals surface area contributed by atoms with Crippen molar-refractivity contribution in [1.29, 1.82) is 0 Å². The number of aromatic nitrogens is 1. The van der Waals surface area contributed by atoms with Crippen molar-refractivity contribution < 1.29 is 4.57 Å². The predicted octanol–water partition coefficient (Wildman–Crippen LogP) is 9.30. The van der Waals surface area contributed by atoms with Gasteiger partial charge in [-0.15, -0.1) is 0 Å². The Morgan fingerprint density at radius 1 is 0.886 bits per heavy atom. The molecule has 2 unspecified atom stereocenters. The van der Waals surface area contributed by atoms with Crippen molar-refractivity contribution >= 4 is 5.57 Å². The molecule has 0 fully saturated rings. The number of rotatable bonds is 6. The first kappa shape index (κ1) is 28.0. The van der Waals surface area contributed by atoms with Crippen LogP contribution in [-0.4, -0.2) is 0 Å². The largest absolute Gasteiger partial charge is 0.326 e. The summed E-state index contributed by atoms with van der Waals surface area (Å²) in [6.45, 7) is 13.0. The summed E-state index contributed by atoms with van der Waals surface area (Å²) in [5.74, 6) is 0.300. The second-order valence-corrected chi connectivity index (χ2v) is 12.3. The first-order valence-electron chi connectivity index (χ1n) is 15.6. The zero-order chi connectivity index (χ0) is 30.4. The van der Waals surface area contributed by atoms with E-state index in [1.54, 1.807) is 0 Å². The van der Waals surface area contributed by atoms with Gasteiger partial charge in [-0.1, -0.05) is 111 Å². The SMILES string of the molecule is C=C/C=C(\C=C)c1ccc(-c2cc[n+]3c(c2)-c2ccc(-c4ccccc4CN)cc2C32CCc3ccc(C)c(c3)C2C)cc1. The van der Waals surface area contributed by atoms with Gasteiger partial charge >= 0.3 is 0 Å². The number of fused-ring (bicyclic) bond motifs is 7. The number of hydrogen-bond donors (Lipinski definition) is 1. The minimum Gasteiger partial charge on any atom is -0.326 e. The summed E-state index contributed by atoms with van der Waals surface area (Å²) < 4.78 is 2.59. The van der Waals surface area contributed by atoms with Gasteiger partial charge in [0.2, 0.25) is 11.2 Å². The summed E-state index contributed by atoms with van der Waals surface area (Å²) >= 11 is 0. The molecule has 7 rings (SSSR count). The molecule has 0 radical (unpaired) electrons. The summed E-state index contributed by atoms with van der Waals surface area (Å²) in [5, 5.41) is 0. The van der Waals surface area contributed by atoms with Gasteiger partial charge in [-0.05, 0) is 81.1 Å². The fourth-order valence-corrected chi connectivity index (χ4v) is 7.72. The molecule has 0 saturated carbocycles. The topological polar surface area (TPSA) is 29.9 Å². The third kappa shape index (κ3) is 4.32. The molecule has 1 aliphatic carbocycles. The van der Waals surface area contributed by atoms with E-state index in [-0.39, 0.29) is 5.54 Å². The fourth-order valence-electron chi connectivity index (χ4n) is 7.72. The van der Waals surface area contributed by atoms with Crippen LogP contribution in [0.4, 0.5) is 0 Å². The Labute approximate surface area is 261 Å². The second kappa shape index (κ2) is 11.0. The molecule has 2 N–H and O–H groups in total. The van der Waals surface area contributed by atoms with Crippen molar-refractivity contribution in [2.45, 2.75) is 44.7 Å². The molecule has 2 heterocycles. The van der Waals surface area contributed by atoms with Crippen molar-refractivity contribution in [3.63, 3.8) is 0 Å². The van der Waals surface area contributed by atoms with E-state index >= 15 is 0 Å². The van der Waals surface area contributed by atoms with Crippen LogP contribution in [0.2, 0.25) is 0 Å². The van der Waals surface area contributed by atoms with Crippen molar-refractivity contribution in [1.82, 2.24) is 0 Å². The summed E-state index contributed by atoms with van der Waals surface area (Å²) in [4.78, 5) is 0. The van der Waals surface area contributed by atoms with E-state index in [1.165, 1.54) is 61.3 Å². The molecule has 44 heavy (non-hydrogen) atoms. The third-order valence-corrected chi connectivity index (χ3v) is 10.1. The molecule has 0 saturated heterocycles. The van der Waals surface area contributed by atoms with Crippen LogP contribution < -0.4 is 10.3 Å². The van der Waals surface area contributed by atoms with E-state index in [0.717, 1.165) is 24.0 Å². The molecule has 2 heteroatoms. The van der Waals surface area contributed by atoms with Gasteiger partial charge in [-0.3, -0.25) is 0 Å². The summed E-state index contributed by atoms with van der Waals surface area (Å²) in [5.41, 5.74) is 22.5. The highest BCUT2D eigenvalue weighted by atomic mass is 15.1. The number of allylic oxidation sites excluding steroid dienone is 4. The van der Waals surface area contributed by atoms with Crippen LogP contribution in [-0.2, 0) is 18.5 Å². The summed E-state index contributed by atoms with van der Waals surface area (Å²) in [7, 11) is 0. The minimum absolute atomic E-state index is 0.198. The molecule has 5 aromatic rings. The highest BCUT2D eigenvalue weighted by Crippen LogP contribution is 2.51. The van der Waals surface area contributed by atoms with Gasteiger partial charge in [0.05, 0.1) is 11.5 Å². The number of hydrogen-bond acceptors (Lipinski definition) is 1. The molecule has 2 aliphatic rings. The van der Waals surface area contributed by atoms with Crippen LogP contribution in [0, 0.1) is 6.92 Å². The van der Waals surface area contributed by atoms with Crippen molar-refractivity contribution in [3.8, 4) is 33.5 Å². The van der Waals surface area contributed by atoms with Gasteiger partial charge in [0, 0.05) is 30.7 Å². The van der Waals surface area contributed by atoms with E-state index in [2.05, 4.69) is 135 Å². The first-order valence-corrected chi connectivity index (χ1v) is 15.6. The fraction of sp³-hybridized carbons (Fsp3) is 0.167. The average molecular weight is 572 g/mol. The first-order chi connectivity index (χ1) is 21.5. The summed E-state index contributed by atoms with van der Waals surface area (Å²) in [6.07, 6.45) is 10.1. The Hall–Kier alpha value is -4.79. The van der Waals surface area contributed by atoms with Gasteiger partial charge in [-0.2, -0.15) is 4.57 Å².